The van der Waals surface area contributed by atoms with Gasteiger partial charge in [-0.15, -0.1) is 0 Å². The van der Waals surface area contributed by atoms with E-state index in [2.05, 4.69) is 51.1 Å². The van der Waals surface area contributed by atoms with Crippen LogP contribution in [0.2, 0.25) is 0 Å². The number of aryl methyl sites for hydroxylation is 3. The fourth-order valence-corrected chi connectivity index (χ4v) is 2.36. The zero-order chi connectivity index (χ0) is 13.1. The van der Waals surface area contributed by atoms with Crippen LogP contribution in [-0.4, -0.2) is 5.11 Å². The van der Waals surface area contributed by atoms with E-state index >= 15 is 0 Å². The quantitative estimate of drug-likeness (QED) is 0.863. The van der Waals surface area contributed by atoms with Gasteiger partial charge in [0.05, 0.1) is 6.10 Å². The van der Waals surface area contributed by atoms with Crippen molar-refractivity contribution in [2.75, 3.05) is 0 Å². The number of hydrogen-bond acceptors (Lipinski definition) is 1. The summed E-state index contributed by atoms with van der Waals surface area (Å²) in [5.74, 6) is 0. The monoisotopic (exact) mass is 240 g/mol. The molecule has 1 atom stereocenters. The highest BCUT2D eigenvalue weighted by Crippen LogP contribution is 2.23. The number of hydrogen-bond donors (Lipinski definition) is 1. The highest BCUT2D eigenvalue weighted by Gasteiger charge is 2.11. The molecule has 0 radical (unpaired) electrons. The molecule has 0 aliphatic carbocycles. The van der Waals surface area contributed by atoms with Crippen molar-refractivity contribution in [3.63, 3.8) is 0 Å². The fraction of sp³-hybridized carbons (Fsp3) is 0.294. The fourth-order valence-electron chi connectivity index (χ4n) is 2.36. The van der Waals surface area contributed by atoms with E-state index < -0.39 is 6.10 Å². The molecule has 0 fully saturated rings. The summed E-state index contributed by atoms with van der Waals surface area (Å²) in [6.45, 7) is 6.26. The van der Waals surface area contributed by atoms with E-state index in [9.17, 15) is 5.11 Å². The van der Waals surface area contributed by atoms with Gasteiger partial charge in [-0.3, -0.25) is 0 Å². The maximum absolute atomic E-state index is 10.3. The molecule has 1 heteroatoms. The largest absolute Gasteiger partial charge is 0.388 e. The lowest BCUT2D eigenvalue weighted by atomic mass is 9.94. The summed E-state index contributed by atoms with van der Waals surface area (Å²) < 4.78 is 0. The number of rotatable bonds is 3. The standard InChI is InChI=1S/C17H20O/c1-12-6-4-9-15(10-12)17(18)11-16-13(2)7-5-8-14(16)3/h4-10,17-18H,11H2,1-3H3. The summed E-state index contributed by atoms with van der Waals surface area (Å²) in [4.78, 5) is 0. The first-order chi connectivity index (χ1) is 8.58. The molecule has 1 N–H and O–H groups in total. The van der Waals surface area contributed by atoms with Crippen LogP contribution in [-0.2, 0) is 6.42 Å². The first-order valence-corrected chi connectivity index (χ1v) is 6.37. The highest BCUT2D eigenvalue weighted by molar-refractivity contribution is 5.35. The molecule has 0 saturated carbocycles. The third-order valence-corrected chi connectivity index (χ3v) is 3.47. The molecule has 0 bridgehead atoms. The van der Waals surface area contributed by atoms with Gasteiger partial charge in [-0.2, -0.15) is 0 Å². The summed E-state index contributed by atoms with van der Waals surface area (Å²) >= 11 is 0. The van der Waals surface area contributed by atoms with Gasteiger partial charge in [-0.05, 0) is 43.0 Å². The maximum Gasteiger partial charge on any atom is 0.0830 e. The average molecular weight is 240 g/mol. The summed E-state index contributed by atoms with van der Waals surface area (Å²) in [7, 11) is 0. The highest BCUT2D eigenvalue weighted by atomic mass is 16.3. The Bertz CT molecular complexity index is 523. The Kier molecular flexibility index (Phi) is 3.83. The van der Waals surface area contributed by atoms with Crippen LogP contribution >= 0.6 is 0 Å². The first-order valence-electron chi connectivity index (χ1n) is 6.37. The van der Waals surface area contributed by atoms with E-state index in [1.807, 2.05) is 12.1 Å². The number of benzene rings is 2. The van der Waals surface area contributed by atoms with Gasteiger partial charge < -0.3 is 5.11 Å². The van der Waals surface area contributed by atoms with Crippen molar-refractivity contribution < 1.29 is 5.11 Å². The Morgan fingerprint density at radius 3 is 2.17 bits per heavy atom. The zero-order valence-corrected chi connectivity index (χ0v) is 11.3. The third kappa shape index (κ3) is 2.80. The summed E-state index contributed by atoms with van der Waals surface area (Å²) in [5, 5.41) is 10.3. The van der Waals surface area contributed by atoms with Crippen LogP contribution in [0.1, 0.15) is 33.9 Å². The van der Waals surface area contributed by atoms with Crippen LogP contribution in [0.3, 0.4) is 0 Å². The molecule has 18 heavy (non-hydrogen) atoms. The molecule has 0 saturated heterocycles. The Morgan fingerprint density at radius 2 is 1.56 bits per heavy atom. The van der Waals surface area contributed by atoms with Crippen LogP contribution in [0.5, 0.6) is 0 Å². The second kappa shape index (κ2) is 5.36. The van der Waals surface area contributed by atoms with Gasteiger partial charge in [-0.1, -0.05) is 48.0 Å². The van der Waals surface area contributed by atoms with Gasteiger partial charge in [0.2, 0.25) is 0 Å². The van der Waals surface area contributed by atoms with Crippen molar-refractivity contribution in [1.82, 2.24) is 0 Å². The predicted octanol–water partition coefficient (Wildman–Crippen LogP) is 3.89. The molecule has 2 rings (SSSR count). The van der Waals surface area contributed by atoms with Crippen LogP contribution in [0.15, 0.2) is 42.5 Å². The minimum absolute atomic E-state index is 0.426. The normalized spacial score (nSPS) is 12.4. The second-order valence-electron chi connectivity index (χ2n) is 5.00. The Hall–Kier alpha value is -1.60. The first kappa shape index (κ1) is 12.8. The number of aliphatic hydroxyl groups is 1. The lowest BCUT2D eigenvalue weighted by Gasteiger charge is -2.15. The van der Waals surface area contributed by atoms with Crippen LogP contribution in [0.4, 0.5) is 0 Å². The van der Waals surface area contributed by atoms with Crippen molar-refractivity contribution in [3.8, 4) is 0 Å². The smallest absolute Gasteiger partial charge is 0.0830 e. The van der Waals surface area contributed by atoms with Gasteiger partial charge in [0.1, 0.15) is 0 Å². The SMILES string of the molecule is Cc1cccc(C(O)Cc2c(C)cccc2C)c1. The van der Waals surface area contributed by atoms with Crippen molar-refractivity contribution in [2.24, 2.45) is 0 Å². The molecule has 1 unspecified atom stereocenters. The van der Waals surface area contributed by atoms with Gasteiger partial charge >= 0.3 is 0 Å². The minimum Gasteiger partial charge on any atom is -0.388 e. The molecule has 0 aromatic heterocycles. The second-order valence-corrected chi connectivity index (χ2v) is 5.00. The van der Waals surface area contributed by atoms with E-state index in [1.165, 1.54) is 22.3 Å². The predicted molar refractivity (Wildman–Crippen MR) is 75.8 cm³/mol. The maximum atomic E-state index is 10.3. The van der Waals surface area contributed by atoms with Crippen LogP contribution in [0, 0.1) is 20.8 Å². The lowest BCUT2D eigenvalue weighted by Crippen LogP contribution is -2.05. The van der Waals surface area contributed by atoms with Gasteiger partial charge in [0, 0.05) is 6.42 Å². The van der Waals surface area contributed by atoms with Crippen LogP contribution in [0.25, 0.3) is 0 Å². The minimum atomic E-state index is -0.426. The van der Waals surface area contributed by atoms with Crippen molar-refractivity contribution in [1.29, 1.82) is 0 Å². The van der Waals surface area contributed by atoms with Gasteiger partial charge in [-0.25, -0.2) is 0 Å². The Morgan fingerprint density at radius 1 is 0.944 bits per heavy atom. The molecule has 0 heterocycles. The third-order valence-electron chi connectivity index (χ3n) is 3.47. The van der Waals surface area contributed by atoms with E-state index in [0.717, 1.165) is 5.56 Å². The Labute approximate surface area is 109 Å². The molecule has 1 nitrogen and oxygen atoms in total. The van der Waals surface area contributed by atoms with Gasteiger partial charge in [0.25, 0.3) is 0 Å². The van der Waals surface area contributed by atoms with E-state index in [-0.39, 0.29) is 0 Å². The molecule has 94 valence electrons. The molecule has 0 aliphatic rings. The van der Waals surface area contributed by atoms with Crippen molar-refractivity contribution in [3.05, 3.63) is 70.3 Å². The Balaban J connectivity index is 2.24. The molecule has 0 aliphatic heterocycles. The summed E-state index contributed by atoms with van der Waals surface area (Å²) in [5.41, 5.74) is 5.95. The molecule has 2 aromatic rings. The van der Waals surface area contributed by atoms with E-state index in [1.54, 1.807) is 0 Å². The van der Waals surface area contributed by atoms with Crippen LogP contribution < -0.4 is 0 Å². The average Bonchev–Trinajstić information content (AvgIpc) is 2.34. The van der Waals surface area contributed by atoms with Gasteiger partial charge in [0.15, 0.2) is 0 Å². The summed E-state index contributed by atoms with van der Waals surface area (Å²) in [6.07, 6.45) is 0.256. The zero-order valence-electron chi connectivity index (χ0n) is 11.3. The lowest BCUT2D eigenvalue weighted by molar-refractivity contribution is 0.178. The van der Waals surface area contributed by atoms with E-state index in [4.69, 9.17) is 0 Å². The number of aliphatic hydroxyl groups excluding tert-OH is 1. The molecular weight excluding hydrogens is 220 g/mol. The molecular formula is C17H20O. The topological polar surface area (TPSA) is 20.2 Å². The summed E-state index contributed by atoms with van der Waals surface area (Å²) in [6, 6.07) is 14.4. The van der Waals surface area contributed by atoms with E-state index in [0.29, 0.717) is 6.42 Å². The molecule has 0 spiro atoms. The molecule has 0 amide bonds. The molecule has 2 aromatic carbocycles. The van der Waals surface area contributed by atoms with Crippen molar-refractivity contribution >= 4 is 0 Å². The van der Waals surface area contributed by atoms with Crippen molar-refractivity contribution in [2.45, 2.75) is 33.3 Å².